The van der Waals surface area contributed by atoms with Crippen LogP contribution in [0.5, 0.6) is 0 Å². The molecule has 0 N–H and O–H groups in total. The van der Waals surface area contributed by atoms with Crippen molar-refractivity contribution in [1.29, 1.82) is 0 Å². The third-order valence-electron chi connectivity index (χ3n) is 4.14. The fourth-order valence-corrected chi connectivity index (χ4v) is 4.90. The normalized spacial score (nSPS) is 23.1. The summed E-state index contributed by atoms with van der Waals surface area (Å²) in [5.41, 5.74) is 1.53. The van der Waals surface area contributed by atoms with Gasteiger partial charge in [0.2, 0.25) is 0 Å². The monoisotopic (exact) mass is 422 g/mol. The molecule has 2 atom stereocenters. The van der Waals surface area contributed by atoms with Crippen molar-refractivity contribution in [2.45, 2.75) is 11.4 Å². The molecular weight excluding hydrogens is 412 g/mol. The second-order valence-corrected chi connectivity index (χ2v) is 8.06. The Hall–Kier alpha value is -1.50. The molecule has 0 aromatic heterocycles. The van der Waals surface area contributed by atoms with Crippen molar-refractivity contribution in [3.63, 3.8) is 0 Å². The van der Waals surface area contributed by atoms with E-state index in [4.69, 9.17) is 11.6 Å². The van der Waals surface area contributed by atoms with Gasteiger partial charge >= 0.3 is 6.03 Å². The number of imide groups is 1. The van der Waals surface area contributed by atoms with Crippen molar-refractivity contribution in [2.24, 2.45) is 0 Å². The highest BCUT2D eigenvalue weighted by molar-refractivity contribution is 9.10. The molecule has 3 amide bonds. The minimum Gasteiger partial charge on any atom is -0.295 e. The molecule has 2 aromatic carbocycles. The van der Waals surface area contributed by atoms with Gasteiger partial charge in [0.1, 0.15) is 11.4 Å². The number of hydrogen-bond donors (Lipinski definition) is 0. The number of carbonyl (C=O) groups is 2. The molecule has 7 heteroatoms. The van der Waals surface area contributed by atoms with E-state index in [2.05, 4.69) is 15.9 Å². The van der Waals surface area contributed by atoms with Gasteiger partial charge in [0.05, 0.1) is 5.69 Å². The van der Waals surface area contributed by atoms with Crippen LogP contribution in [0.1, 0.15) is 10.9 Å². The third kappa shape index (κ3) is 2.53. The number of anilines is 1. The van der Waals surface area contributed by atoms with Crippen LogP contribution in [0.15, 0.2) is 53.0 Å². The molecular formula is C17H12BrClN2O2S. The fourth-order valence-electron chi connectivity index (χ4n) is 3.03. The molecule has 0 spiro atoms. The standard InChI is InChI=1S/C17H12BrClN2O2S/c18-11-4-6-13(7-5-11)20-15(22)14-9-24-16(21(14)17(20)23)10-2-1-3-12(19)8-10/h1-8,14,16H,9H2/t14-,16+/m1/s1. The van der Waals surface area contributed by atoms with E-state index in [1.54, 1.807) is 34.9 Å². The molecule has 122 valence electrons. The number of benzene rings is 2. The molecule has 0 unspecified atom stereocenters. The topological polar surface area (TPSA) is 40.6 Å². The van der Waals surface area contributed by atoms with Crippen LogP contribution in [0.3, 0.4) is 0 Å². The molecule has 0 saturated carbocycles. The maximum absolute atomic E-state index is 12.9. The summed E-state index contributed by atoms with van der Waals surface area (Å²) in [6.07, 6.45) is 0. The van der Waals surface area contributed by atoms with Crippen molar-refractivity contribution in [3.05, 3.63) is 63.6 Å². The van der Waals surface area contributed by atoms with Gasteiger partial charge in [0.25, 0.3) is 5.91 Å². The maximum Gasteiger partial charge on any atom is 0.333 e. The number of halogens is 2. The van der Waals surface area contributed by atoms with Gasteiger partial charge in [-0.1, -0.05) is 39.7 Å². The molecule has 0 radical (unpaired) electrons. The number of amides is 3. The van der Waals surface area contributed by atoms with Crippen molar-refractivity contribution in [2.75, 3.05) is 10.7 Å². The van der Waals surface area contributed by atoms with E-state index in [1.807, 2.05) is 30.3 Å². The summed E-state index contributed by atoms with van der Waals surface area (Å²) >= 11 is 11.0. The summed E-state index contributed by atoms with van der Waals surface area (Å²) < 4.78 is 0.901. The lowest BCUT2D eigenvalue weighted by molar-refractivity contribution is -0.119. The zero-order chi connectivity index (χ0) is 16.8. The van der Waals surface area contributed by atoms with Gasteiger partial charge < -0.3 is 0 Å². The van der Waals surface area contributed by atoms with Crippen LogP contribution in [-0.4, -0.2) is 28.6 Å². The van der Waals surface area contributed by atoms with E-state index in [0.29, 0.717) is 16.5 Å². The second-order valence-electron chi connectivity index (χ2n) is 5.60. The molecule has 2 aromatic rings. The van der Waals surface area contributed by atoms with Crippen LogP contribution in [-0.2, 0) is 4.79 Å². The summed E-state index contributed by atoms with van der Waals surface area (Å²) in [6, 6.07) is 13.9. The van der Waals surface area contributed by atoms with E-state index in [-0.39, 0.29) is 17.3 Å². The molecule has 0 bridgehead atoms. The molecule has 2 aliphatic heterocycles. The third-order valence-corrected chi connectivity index (χ3v) is 6.22. The number of thioether (sulfide) groups is 1. The smallest absolute Gasteiger partial charge is 0.295 e. The first-order valence-electron chi connectivity index (χ1n) is 7.35. The highest BCUT2D eigenvalue weighted by Gasteiger charge is 2.53. The predicted molar refractivity (Wildman–Crippen MR) is 99.3 cm³/mol. The number of carbonyl (C=O) groups excluding carboxylic acids is 2. The Kier molecular flexibility index (Phi) is 4.06. The first-order valence-corrected chi connectivity index (χ1v) is 9.57. The van der Waals surface area contributed by atoms with Gasteiger partial charge in [0, 0.05) is 15.2 Å². The summed E-state index contributed by atoms with van der Waals surface area (Å²) in [4.78, 5) is 28.6. The van der Waals surface area contributed by atoms with E-state index in [9.17, 15) is 9.59 Å². The van der Waals surface area contributed by atoms with Crippen LogP contribution >= 0.6 is 39.3 Å². The Morgan fingerprint density at radius 3 is 2.58 bits per heavy atom. The molecule has 24 heavy (non-hydrogen) atoms. The fraction of sp³-hybridized carbons (Fsp3) is 0.176. The van der Waals surface area contributed by atoms with Crippen molar-refractivity contribution in [1.82, 2.24) is 4.90 Å². The van der Waals surface area contributed by atoms with E-state index >= 15 is 0 Å². The SMILES string of the molecule is O=C1[C@H]2CS[C@@H](c3cccc(Cl)c3)N2C(=O)N1c1ccc(Br)cc1. The van der Waals surface area contributed by atoms with E-state index in [0.717, 1.165) is 10.0 Å². The molecule has 2 saturated heterocycles. The number of hydrogen-bond acceptors (Lipinski definition) is 3. The average Bonchev–Trinajstić information content (AvgIpc) is 3.10. The molecule has 4 nitrogen and oxygen atoms in total. The van der Waals surface area contributed by atoms with Crippen molar-refractivity contribution < 1.29 is 9.59 Å². The lowest BCUT2D eigenvalue weighted by atomic mass is 10.2. The minimum absolute atomic E-state index is 0.167. The Morgan fingerprint density at radius 2 is 1.88 bits per heavy atom. The highest BCUT2D eigenvalue weighted by atomic mass is 79.9. The van der Waals surface area contributed by atoms with Gasteiger partial charge in [-0.2, -0.15) is 0 Å². The molecule has 2 heterocycles. The molecule has 2 fully saturated rings. The largest absolute Gasteiger partial charge is 0.333 e. The van der Waals surface area contributed by atoms with Gasteiger partial charge in [-0.25, -0.2) is 9.69 Å². The summed E-state index contributed by atoms with van der Waals surface area (Å²) in [7, 11) is 0. The van der Waals surface area contributed by atoms with E-state index < -0.39 is 6.04 Å². The predicted octanol–water partition coefficient (Wildman–Crippen LogP) is 4.69. The van der Waals surface area contributed by atoms with Crippen molar-refractivity contribution >= 4 is 56.9 Å². The first kappa shape index (κ1) is 16.0. The van der Waals surface area contributed by atoms with Gasteiger partial charge in [0.15, 0.2) is 0 Å². The Morgan fingerprint density at radius 1 is 1.12 bits per heavy atom. The zero-order valence-electron chi connectivity index (χ0n) is 12.4. The van der Waals surface area contributed by atoms with Crippen molar-refractivity contribution in [3.8, 4) is 0 Å². The Balaban J connectivity index is 1.69. The van der Waals surface area contributed by atoms with Crippen LogP contribution in [0.2, 0.25) is 5.02 Å². The quantitative estimate of drug-likeness (QED) is 0.658. The number of urea groups is 1. The summed E-state index contributed by atoms with van der Waals surface area (Å²) in [5.74, 6) is 0.425. The maximum atomic E-state index is 12.9. The average molecular weight is 424 g/mol. The first-order chi connectivity index (χ1) is 11.6. The molecule has 2 aliphatic rings. The van der Waals surface area contributed by atoms with Crippen LogP contribution in [0, 0.1) is 0 Å². The lowest BCUT2D eigenvalue weighted by Crippen LogP contribution is -2.33. The van der Waals surface area contributed by atoms with Crippen LogP contribution in [0.25, 0.3) is 0 Å². The summed E-state index contributed by atoms with van der Waals surface area (Å²) in [6.45, 7) is 0. The lowest BCUT2D eigenvalue weighted by Gasteiger charge is -2.23. The zero-order valence-corrected chi connectivity index (χ0v) is 15.5. The van der Waals surface area contributed by atoms with E-state index in [1.165, 1.54) is 4.90 Å². The van der Waals surface area contributed by atoms with Crippen LogP contribution < -0.4 is 4.90 Å². The molecule has 0 aliphatic carbocycles. The number of nitrogens with zero attached hydrogens (tertiary/aromatic N) is 2. The van der Waals surface area contributed by atoms with Crippen LogP contribution in [0.4, 0.5) is 10.5 Å². The number of fused-ring (bicyclic) bond motifs is 1. The van der Waals surface area contributed by atoms with Gasteiger partial charge in [-0.15, -0.1) is 11.8 Å². The number of rotatable bonds is 2. The molecule has 4 rings (SSSR count). The second kappa shape index (κ2) is 6.10. The Bertz CT molecular complexity index is 830. The Labute approximate surface area is 156 Å². The van der Waals surface area contributed by atoms with Gasteiger partial charge in [-0.3, -0.25) is 9.69 Å². The highest BCUT2D eigenvalue weighted by Crippen LogP contribution is 2.46. The van der Waals surface area contributed by atoms with Gasteiger partial charge in [-0.05, 0) is 42.0 Å². The minimum atomic E-state index is -0.421. The summed E-state index contributed by atoms with van der Waals surface area (Å²) in [5, 5.41) is 0.435.